The van der Waals surface area contributed by atoms with Gasteiger partial charge in [-0.2, -0.15) is 13.2 Å². The Morgan fingerprint density at radius 3 is 2.41 bits per heavy atom. The number of rotatable bonds is 7. The molecule has 0 aliphatic heterocycles. The van der Waals surface area contributed by atoms with E-state index in [0.29, 0.717) is 27.9 Å². The smallest absolute Gasteiger partial charge is 0.349 e. The fourth-order valence-electron chi connectivity index (χ4n) is 2.44. The molecule has 2 aromatic rings. The monoisotopic (exact) mass is 420 g/mol. The Labute approximate surface area is 170 Å². The summed E-state index contributed by atoms with van der Waals surface area (Å²) in [5, 5.41) is 5.50. The first-order valence-corrected chi connectivity index (χ1v) is 9.97. The zero-order chi connectivity index (χ0) is 20.9. The summed E-state index contributed by atoms with van der Waals surface area (Å²) in [6, 6.07) is 13.4. The molecular formula is C21H19F3N2O2S. The number of halogens is 3. The zero-order valence-electron chi connectivity index (χ0n) is 15.3. The second-order valence-electron chi connectivity index (χ2n) is 6.59. The topological polar surface area (TPSA) is 58.2 Å². The van der Waals surface area contributed by atoms with Crippen molar-refractivity contribution in [2.75, 3.05) is 11.1 Å². The van der Waals surface area contributed by atoms with Crippen LogP contribution in [0.2, 0.25) is 0 Å². The minimum absolute atomic E-state index is 0.117. The van der Waals surface area contributed by atoms with E-state index in [4.69, 9.17) is 0 Å². The maximum absolute atomic E-state index is 12.4. The van der Waals surface area contributed by atoms with E-state index in [1.54, 1.807) is 48.5 Å². The number of hydrogen-bond acceptors (Lipinski definition) is 3. The van der Waals surface area contributed by atoms with Gasteiger partial charge < -0.3 is 10.6 Å². The fraction of sp³-hybridized carbons (Fsp3) is 0.238. The lowest BCUT2D eigenvalue weighted by Gasteiger charge is -2.10. The van der Waals surface area contributed by atoms with Crippen molar-refractivity contribution in [1.29, 1.82) is 0 Å². The summed E-state index contributed by atoms with van der Waals surface area (Å²) in [4.78, 5) is 24.5. The first-order valence-electron chi connectivity index (χ1n) is 8.99. The molecule has 0 radical (unpaired) electrons. The van der Waals surface area contributed by atoms with E-state index < -0.39 is 17.8 Å². The lowest BCUT2D eigenvalue weighted by atomic mass is 10.1. The van der Waals surface area contributed by atoms with Gasteiger partial charge in [0, 0.05) is 22.6 Å². The maximum atomic E-state index is 12.4. The first-order chi connectivity index (χ1) is 13.8. The molecule has 152 valence electrons. The second kappa shape index (κ2) is 9.17. The van der Waals surface area contributed by atoms with Gasteiger partial charge in [-0.25, -0.2) is 0 Å². The number of carbonyl (C=O) groups is 2. The largest absolute Gasteiger partial charge is 0.398 e. The summed E-state index contributed by atoms with van der Waals surface area (Å²) in [6.07, 6.45) is 0.607. The van der Waals surface area contributed by atoms with Crippen LogP contribution < -0.4 is 10.6 Å². The van der Waals surface area contributed by atoms with Gasteiger partial charge in [0.2, 0.25) is 5.91 Å². The van der Waals surface area contributed by atoms with Crippen molar-refractivity contribution in [3.05, 3.63) is 65.7 Å². The Hall–Kier alpha value is -2.74. The normalized spacial score (nSPS) is 14.0. The quantitative estimate of drug-likeness (QED) is 0.496. The van der Waals surface area contributed by atoms with Crippen LogP contribution in [0.1, 0.15) is 28.8 Å². The number of hydrogen-bond donors (Lipinski definition) is 2. The molecule has 0 heterocycles. The van der Waals surface area contributed by atoms with Crippen LogP contribution in [0.5, 0.6) is 0 Å². The van der Waals surface area contributed by atoms with E-state index in [1.807, 2.05) is 0 Å². The molecule has 1 saturated carbocycles. The summed E-state index contributed by atoms with van der Waals surface area (Å²) >= 11 is 0.622. The summed E-state index contributed by atoms with van der Waals surface area (Å²) in [5.74, 6) is -1.61. The second-order valence-corrected chi connectivity index (χ2v) is 7.61. The first kappa shape index (κ1) is 21.0. The summed E-state index contributed by atoms with van der Waals surface area (Å²) in [7, 11) is 0. The van der Waals surface area contributed by atoms with Crippen LogP contribution in [-0.2, 0) is 4.79 Å². The Morgan fingerprint density at radius 2 is 1.76 bits per heavy atom. The highest BCUT2D eigenvalue weighted by Gasteiger charge is 2.27. The van der Waals surface area contributed by atoms with Gasteiger partial charge in [0.25, 0.3) is 5.91 Å². The summed E-state index contributed by atoms with van der Waals surface area (Å²) in [6.45, 7) is 0. The fourth-order valence-corrected chi connectivity index (χ4v) is 3.21. The van der Waals surface area contributed by atoms with Crippen molar-refractivity contribution in [2.24, 2.45) is 0 Å². The number of carbonyl (C=O) groups excluding carboxylic acids is 2. The molecule has 1 aliphatic rings. The molecule has 3 rings (SSSR count). The number of para-hydroxylation sites is 1. The van der Waals surface area contributed by atoms with E-state index in [1.165, 1.54) is 12.1 Å². The highest BCUT2D eigenvalue weighted by atomic mass is 32.2. The molecule has 0 unspecified atom stereocenters. The number of thioether (sulfide) groups is 1. The Kier molecular flexibility index (Phi) is 6.64. The lowest BCUT2D eigenvalue weighted by Crippen LogP contribution is -2.25. The van der Waals surface area contributed by atoms with Crippen molar-refractivity contribution in [2.45, 2.75) is 30.0 Å². The molecule has 8 heteroatoms. The number of anilines is 1. The van der Waals surface area contributed by atoms with Crippen molar-refractivity contribution in [3.8, 4) is 0 Å². The Bertz CT molecular complexity index is 907. The highest BCUT2D eigenvalue weighted by Crippen LogP contribution is 2.32. The third kappa shape index (κ3) is 6.98. The Balaban J connectivity index is 1.57. The number of alkyl halides is 3. The van der Waals surface area contributed by atoms with Crippen molar-refractivity contribution >= 4 is 35.3 Å². The zero-order valence-corrected chi connectivity index (χ0v) is 16.1. The average Bonchev–Trinajstić information content (AvgIpc) is 3.49. The molecule has 1 fully saturated rings. The van der Waals surface area contributed by atoms with E-state index in [2.05, 4.69) is 10.6 Å². The molecule has 0 saturated heterocycles. The van der Waals surface area contributed by atoms with E-state index >= 15 is 0 Å². The minimum atomic E-state index is -4.29. The molecule has 0 spiro atoms. The van der Waals surface area contributed by atoms with Gasteiger partial charge in [0.15, 0.2) is 0 Å². The molecule has 1 aliphatic carbocycles. The van der Waals surface area contributed by atoms with Gasteiger partial charge in [-0.15, -0.1) is 11.8 Å². The van der Waals surface area contributed by atoms with Crippen LogP contribution >= 0.6 is 11.8 Å². The van der Waals surface area contributed by atoms with E-state index in [-0.39, 0.29) is 11.9 Å². The Morgan fingerprint density at radius 1 is 1.07 bits per heavy atom. The van der Waals surface area contributed by atoms with Crippen LogP contribution in [0.15, 0.2) is 59.5 Å². The van der Waals surface area contributed by atoms with Gasteiger partial charge in [0.1, 0.15) is 0 Å². The SMILES string of the molecule is O=C(/C=C/c1ccc(C(=O)NC2CC2)cc1)Nc1ccccc1SCC(F)(F)F. The van der Waals surface area contributed by atoms with Gasteiger partial charge >= 0.3 is 6.18 Å². The molecule has 29 heavy (non-hydrogen) atoms. The van der Waals surface area contributed by atoms with Crippen LogP contribution in [0.25, 0.3) is 6.08 Å². The molecule has 0 bridgehead atoms. The average molecular weight is 420 g/mol. The molecule has 0 atom stereocenters. The number of amides is 2. The van der Waals surface area contributed by atoms with Crippen molar-refractivity contribution in [3.63, 3.8) is 0 Å². The van der Waals surface area contributed by atoms with Gasteiger partial charge in [0.05, 0.1) is 11.4 Å². The van der Waals surface area contributed by atoms with Gasteiger partial charge in [-0.05, 0) is 48.7 Å². The summed E-state index contributed by atoms with van der Waals surface area (Å²) < 4.78 is 37.3. The highest BCUT2D eigenvalue weighted by molar-refractivity contribution is 7.99. The predicted octanol–water partition coefficient (Wildman–Crippen LogP) is 4.89. The standard InChI is InChI=1S/C21H19F3N2O2S/c22-21(23,24)13-29-18-4-2-1-3-17(18)26-19(27)12-7-14-5-8-15(9-6-14)20(28)25-16-10-11-16/h1-9,12,16H,10-11,13H2,(H,25,28)(H,26,27)/b12-7+. The molecule has 2 N–H and O–H groups in total. The third-order valence-electron chi connectivity index (χ3n) is 4.05. The van der Waals surface area contributed by atoms with E-state index in [9.17, 15) is 22.8 Å². The van der Waals surface area contributed by atoms with E-state index in [0.717, 1.165) is 18.4 Å². The molecule has 2 amide bonds. The number of nitrogens with one attached hydrogen (secondary N) is 2. The minimum Gasteiger partial charge on any atom is -0.349 e. The third-order valence-corrected chi connectivity index (χ3v) is 5.19. The van der Waals surface area contributed by atoms with Crippen molar-refractivity contribution in [1.82, 2.24) is 5.32 Å². The number of benzene rings is 2. The molecule has 0 aromatic heterocycles. The lowest BCUT2D eigenvalue weighted by molar-refractivity contribution is -0.112. The van der Waals surface area contributed by atoms with Crippen LogP contribution in [0.3, 0.4) is 0 Å². The van der Waals surface area contributed by atoms with Gasteiger partial charge in [-0.3, -0.25) is 9.59 Å². The molecule has 2 aromatic carbocycles. The van der Waals surface area contributed by atoms with Gasteiger partial charge in [-0.1, -0.05) is 24.3 Å². The maximum Gasteiger partial charge on any atom is 0.398 e. The summed E-state index contributed by atoms with van der Waals surface area (Å²) in [5.41, 5.74) is 1.60. The van der Waals surface area contributed by atoms with Crippen LogP contribution in [0.4, 0.5) is 18.9 Å². The molecule has 4 nitrogen and oxygen atoms in total. The molecular weight excluding hydrogens is 401 g/mol. The predicted molar refractivity (Wildman–Crippen MR) is 108 cm³/mol. The van der Waals surface area contributed by atoms with Crippen LogP contribution in [0, 0.1) is 0 Å². The van der Waals surface area contributed by atoms with Crippen molar-refractivity contribution < 1.29 is 22.8 Å². The van der Waals surface area contributed by atoms with Crippen LogP contribution in [-0.4, -0.2) is 29.8 Å².